The number of para-hydroxylation sites is 2. The van der Waals surface area contributed by atoms with Gasteiger partial charge in [-0.15, -0.1) is 0 Å². The van der Waals surface area contributed by atoms with Gasteiger partial charge in [0, 0.05) is 6.42 Å². The summed E-state index contributed by atoms with van der Waals surface area (Å²) in [5.74, 6) is 1.40. The van der Waals surface area contributed by atoms with Gasteiger partial charge in [-0.1, -0.05) is 24.3 Å². The van der Waals surface area contributed by atoms with Crippen LogP contribution in [-0.2, 0) is 11.2 Å². The van der Waals surface area contributed by atoms with Crippen LogP contribution in [-0.4, -0.2) is 19.1 Å². The molecule has 1 heterocycles. The molecule has 20 heavy (non-hydrogen) atoms. The standard InChI is InChI=1S/C16H15NO3/c1-19-12-8-6-11(7-9-12)10-15-16(18)17-13-4-2-3-5-14(13)20-15/h2-9,15H,10H2,1H3,(H,17,18). The molecule has 1 aliphatic heterocycles. The number of ether oxygens (including phenoxy) is 2. The minimum atomic E-state index is -0.502. The predicted molar refractivity (Wildman–Crippen MR) is 76.2 cm³/mol. The van der Waals surface area contributed by atoms with E-state index in [0.717, 1.165) is 17.0 Å². The van der Waals surface area contributed by atoms with Gasteiger partial charge in [-0.05, 0) is 29.8 Å². The van der Waals surface area contributed by atoms with E-state index in [4.69, 9.17) is 9.47 Å². The van der Waals surface area contributed by atoms with Crippen molar-refractivity contribution < 1.29 is 14.3 Å². The molecule has 1 aliphatic rings. The average Bonchev–Trinajstić information content (AvgIpc) is 2.49. The zero-order valence-corrected chi connectivity index (χ0v) is 11.1. The topological polar surface area (TPSA) is 47.6 Å². The highest BCUT2D eigenvalue weighted by atomic mass is 16.5. The van der Waals surface area contributed by atoms with Crippen molar-refractivity contribution in [2.45, 2.75) is 12.5 Å². The number of fused-ring (bicyclic) bond motifs is 1. The molecular formula is C16H15NO3. The molecule has 0 aliphatic carbocycles. The van der Waals surface area contributed by atoms with Crippen LogP contribution >= 0.6 is 0 Å². The normalized spacial score (nSPS) is 16.9. The molecule has 2 aromatic rings. The van der Waals surface area contributed by atoms with Gasteiger partial charge in [0.1, 0.15) is 11.5 Å². The van der Waals surface area contributed by atoms with Gasteiger partial charge in [-0.2, -0.15) is 0 Å². The van der Waals surface area contributed by atoms with Gasteiger partial charge in [0.2, 0.25) is 0 Å². The van der Waals surface area contributed by atoms with Crippen LogP contribution in [0.1, 0.15) is 5.56 Å². The number of nitrogens with one attached hydrogen (secondary N) is 1. The molecule has 3 rings (SSSR count). The highest BCUT2D eigenvalue weighted by Gasteiger charge is 2.27. The summed E-state index contributed by atoms with van der Waals surface area (Å²) in [4.78, 5) is 12.0. The lowest BCUT2D eigenvalue weighted by molar-refractivity contribution is -0.123. The first-order chi connectivity index (χ1) is 9.76. The van der Waals surface area contributed by atoms with E-state index in [0.29, 0.717) is 12.2 Å². The monoisotopic (exact) mass is 269 g/mol. The molecule has 0 bridgehead atoms. The van der Waals surface area contributed by atoms with Crippen LogP contribution in [0.3, 0.4) is 0 Å². The minimum Gasteiger partial charge on any atom is -0.497 e. The van der Waals surface area contributed by atoms with Gasteiger partial charge in [0.15, 0.2) is 6.10 Å². The Labute approximate surface area is 117 Å². The van der Waals surface area contributed by atoms with Crippen molar-refractivity contribution in [1.29, 1.82) is 0 Å². The SMILES string of the molecule is COc1ccc(CC2Oc3ccccc3NC2=O)cc1. The number of benzene rings is 2. The fraction of sp³-hybridized carbons (Fsp3) is 0.188. The number of hydrogen-bond donors (Lipinski definition) is 1. The van der Waals surface area contributed by atoms with Gasteiger partial charge < -0.3 is 14.8 Å². The van der Waals surface area contributed by atoms with Gasteiger partial charge in [-0.3, -0.25) is 4.79 Å². The molecule has 0 aromatic heterocycles. The van der Waals surface area contributed by atoms with E-state index in [1.165, 1.54) is 0 Å². The molecule has 4 nitrogen and oxygen atoms in total. The van der Waals surface area contributed by atoms with E-state index in [9.17, 15) is 4.79 Å². The Kier molecular flexibility index (Phi) is 3.29. The van der Waals surface area contributed by atoms with Crippen molar-refractivity contribution in [3.05, 3.63) is 54.1 Å². The van der Waals surface area contributed by atoms with E-state index < -0.39 is 6.10 Å². The van der Waals surface area contributed by atoms with E-state index in [1.807, 2.05) is 48.5 Å². The number of amides is 1. The number of methoxy groups -OCH3 is 1. The second-order valence-electron chi connectivity index (χ2n) is 4.64. The lowest BCUT2D eigenvalue weighted by Gasteiger charge is -2.25. The molecular weight excluding hydrogens is 254 g/mol. The first kappa shape index (κ1) is 12.5. The molecule has 1 atom stereocenters. The molecule has 0 spiro atoms. The van der Waals surface area contributed by atoms with Crippen LogP contribution in [0.15, 0.2) is 48.5 Å². The molecule has 2 aromatic carbocycles. The van der Waals surface area contributed by atoms with Crippen molar-refractivity contribution in [3.8, 4) is 11.5 Å². The lowest BCUT2D eigenvalue weighted by Crippen LogP contribution is -2.38. The molecule has 1 amide bonds. The highest BCUT2D eigenvalue weighted by molar-refractivity contribution is 5.97. The Balaban J connectivity index is 1.76. The summed E-state index contributed by atoms with van der Waals surface area (Å²) in [7, 11) is 1.63. The Morgan fingerprint density at radius 1 is 1.15 bits per heavy atom. The quantitative estimate of drug-likeness (QED) is 0.931. The van der Waals surface area contributed by atoms with Crippen LogP contribution in [0.2, 0.25) is 0 Å². The summed E-state index contributed by atoms with van der Waals surface area (Å²) in [6.07, 6.45) is 0.0303. The van der Waals surface area contributed by atoms with Crippen molar-refractivity contribution in [3.63, 3.8) is 0 Å². The van der Waals surface area contributed by atoms with Crippen molar-refractivity contribution in [1.82, 2.24) is 0 Å². The van der Waals surface area contributed by atoms with E-state index >= 15 is 0 Å². The maximum Gasteiger partial charge on any atom is 0.265 e. The second-order valence-corrected chi connectivity index (χ2v) is 4.64. The van der Waals surface area contributed by atoms with Crippen LogP contribution in [0.5, 0.6) is 11.5 Å². The van der Waals surface area contributed by atoms with Crippen LogP contribution < -0.4 is 14.8 Å². The predicted octanol–water partition coefficient (Wildman–Crippen LogP) is 2.64. The molecule has 0 radical (unpaired) electrons. The molecule has 102 valence electrons. The van der Waals surface area contributed by atoms with Crippen molar-refractivity contribution in [2.75, 3.05) is 12.4 Å². The Bertz CT molecular complexity index is 622. The molecule has 1 unspecified atom stereocenters. The van der Waals surface area contributed by atoms with E-state index in [-0.39, 0.29) is 5.91 Å². The molecule has 1 N–H and O–H groups in total. The maximum atomic E-state index is 12.0. The maximum absolute atomic E-state index is 12.0. The van der Waals surface area contributed by atoms with Crippen molar-refractivity contribution >= 4 is 11.6 Å². The average molecular weight is 269 g/mol. The summed E-state index contributed by atoms with van der Waals surface area (Å²) in [5, 5.41) is 2.86. The van der Waals surface area contributed by atoms with E-state index in [1.54, 1.807) is 7.11 Å². The largest absolute Gasteiger partial charge is 0.497 e. The lowest BCUT2D eigenvalue weighted by atomic mass is 10.1. The van der Waals surface area contributed by atoms with Gasteiger partial charge in [0.05, 0.1) is 12.8 Å². The van der Waals surface area contributed by atoms with Gasteiger partial charge >= 0.3 is 0 Å². The zero-order valence-electron chi connectivity index (χ0n) is 11.1. The summed E-state index contributed by atoms with van der Waals surface area (Å²) in [6.45, 7) is 0. The third kappa shape index (κ3) is 2.45. The molecule has 4 heteroatoms. The third-order valence-electron chi connectivity index (χ3n) is 3.29. The van der Waals surface area contributed by atoms with E-state index in [2.05, 4.69) is 5.32 Å². The summed E-state index contributed by atoms with van der Waals surface area (Å²) in [6, 6.07) is 15.1. The van der Waals surface area contributed by atoms with Crippen LogP contribution in [0, 0.1) is 0 Å². The number of anilines is 1. The first-order valence-corrected chi connectivity index (χ1v) is 6.46. The third-order valence-corrected chi connectivity index (χ3v) is 3.29. The summed E-state index contributed by atoms with van der Waals surface area (Å²) >= 11 is 0. The van der Waals surface area contributed by atoms with Crippen molar-refractivity contribution in [2.24, 2.45) is 0 Å². The smallest absolute Gasteiger partial charge is 0.265 e. The number of rotatable bonds is 3. The Morgan fingerprint density at radius 3 is 2.65 bits per heavy atom. The first-order valence-electron chi connectivity index (χ1n) is 6.46. The summed E-state index contributed by atoms with van der Waals surface area (Å²) in [5.41, 5.74) is 1.76. The van der Waals surface area contributed by atoms with Crippen LogP contribution in [0.4, 0.5) is 5.69 Å². The number of carbonyl (C=O) groups excluding carboxylic acids is 1. The zero-order chi connectivity index (χ0) is 13.9. The highest BCUT2D eigenvalue weighted by Crippen LogP contribution is 2.29. The Morgan fingerprint density at radius 2 is 1.90 bits per heavy atom. The molecule has 0 fully saturated rings. The Hall–Kier alpha value is -2.49. The minimum absolute atomic E-state index is 0.112. The second kappa shape index (κ2) is 5.25. The summed E-state index contributed by atoms with van der Waals surface area (Å²) < 4.78 is 10.9. The molecule has 0 saturated heterocycles. The fourth-order valence-electron chi connectivity index (χ4n) is 2.20. The number of carbonyl (C=O) groups is 1. The molecule has 0 saturated carbocycles. The van der Waals surface area contributed by atoms with Crippen LogP contribution in [0.25, 0.3) is 0 Å². The number of hydrogen-bond acceptors (Lipinski definition) is 3. The van der Waals surface area contributed by atoms with Gasteiger partial charge in [0.25, 0.3) is 5.91 Å². The fourth-order valence-corrected chi connectivity index (χ4v) is 2.20. The van der Waals surface area contributed by atoms with Gasteiger partial charge in [-0.25, -0.2) is 0 Å².